The molecule has 1 atom stereocenters. The van der Waals surface area contributed by atoms with Gasteiger partial charge in [-0.3, -0.25) is 4.79 Å². The highest BCUT2D eigenvalue weighted by atomic mass is 19.4. The summed E-state index contributed by atoms with van der Waals surface area (Å²) in [5.41, 5.74) is 0. The summed E-state index contributed by atoms with van der Waals surface area (Å²) in [6, 6.07) is 0. The molecular formula is C17H29F5O2. The Bertz CT molecular complexity index is 342. The molecule has 7 heteroatoms. The number of alkyl halides is 5. The Morgan fingerprint density at radius 1 is 0.833 bits per heavy atom. The molecule has 24 heavy (non-hydrogen) atoms. The summed E-state index contributed by atoms with van der Waals surface area (Å²) < 4.78 is 61.4. The second-order valence-corrected chi connectivity index (χ2v) is 6.39. The number of rotatable bonds is 14. The van der Waals surface area contributed by atoms with E-state index in [4.69, 9.17) is 5.11 Å². The van der Waals surface area contributed by atoms with Gasteiger partial charge in [-0.2, -0.15) is 22.0 Å². The lowest BCUT2D eigenvalue weighted by Gasteiger charge is -2.19. The normalized spacial score (nSPS) is 13.9. The molecule has 1 unspecified atom stereocenters. The Morgan fingerprint density at radius 2 is 1.29 bits per heavy atom. The summed E-state index contributed by atoms with van der Waals surface area (Å²) in [7, 11) is 0. The summed E-state index contributed by atoms with van der Waals surface area (Å²) in [4.78, 5) is 11.2. The average molecular weight is 360 g/mol. The zero-order valence-electron chi connectivity index (χ0n) is 14.3. The monoisotopic (exact) mass is 360 g/mol. The highest BCUT2D eigenvalue weighted by Gasteiger charge is 2.56. The molecule has 0 aliphatic rings. The van der Waals surface area contributed by atoms with Crippen molar-refractivity contribution in [2.45, 2.75) is 96.1 Å². The molecule has 0 heterocycles. The molecule has 0 rings (SSSR count). The number of carboxylic acids is 1. The van der Waals surface area contributed by atoms with Gasteiger partial charge in [0.05, 0.1) is 5.92 Å². The number of carbonyl (C=O) groups is 1. The Kier molecular flexibility index (Phi) is 11.2. The molecule has 0 amide bonds. The molecule has 0 saturated carbocycles. The summed E-state index contributed by atoms with van der Waals surface area (Å²) in [6.07, 6.45) is 0.753. The van der Waals surface area contributed by atoms with Gasteiger partial charge >= 0.3 is 18.1 Å². The molecule has 0 aromatic heterocycles. The first-order valence-electron chi connectivity index (χ1n) is 8.79. The first kappa shape index (κ1) is 23.1. The molecule has 0 saturated heterocycles. The molecule has 144 valence electrons. The van der Waals surface area contributed by atoms with Crippen LogP contribution in [0.5, 0.6) is 0 Å². The summed E-state index contributed by atoms with van der Waals surface area (Å²) in [5, 5.41) is 9.14. The van der Waals surface area contributed by atoms with E-state index >= 15 is 0 Å². The zero-order valence-corrected chi connectivity index (χ0v) is 14.3. The molecule has 0 aliphatic carbocycles. The topological polar surface area (TPSA) is 37.3 Å². The molecule has 0 aromatic rings. The molecule has 0 radical (unpaired) electrons. The molecule has 0 bridgehead atoms. The maximum atomic E-state index is 12.7. The largest absolute Gasteiger partial charge is 0.481 e. The predicted molar refractivity (Wildman–Crippen MR) is 83.2 cm³/mol. The van der Waals surface area contributed by atoms with Gasteiger partial charge in [-0.1, -0.05) is 58.3 Å². The fourth-order valence-electron chi connectivity index (χ4n) is 2.62. The van der Waals surface area contributed by atoms with Crippen molar-refractivity contribution in [3.05, 3.63) is 0 Å². The Morgan fingerprint density at radius 3 is 1.75 bits per heavy atom. The first-order valence-corrected chi connectivity index (χ1v) is 8.79. The highest BCUT2D eigenvalue weighted by Crippen LogP contribution is 2.39. The molecular weight excluding hydrogens is 331 g/mol. The van der Waals surface area contributed by atoms with E-state index in [1.807, 2.05) is 0 Å². The minimum Gasteiger partial charge on any atom is -0.481 e. The number of unbranched alkanes of at least 4 members (excludes halogenated alkanes) is 7. The van der Waals surface area contributed by atoms with Gasteiger partial charge in [0.1, 0.15) is 0 Å². The van der Waals surface area contributed by atoms with Gasteiger partial charge in [0, 0.05) is 6.42 Å². The van der Waals surface area contributed by atoms with E-state index in [1.54, 1.807) is 0 Å². The van der Waals surface area contributed by atoms with E-state index in [2.05, 4.69) is 6.92 Å². The lowest BCUT2D eigenvalue weighted by Crippen LogP contribution is -2.36. The maximum absolute atomic E-state index is 12.7. The smallest absolute Gasteiger partial charge is 0.453 e. The van der Waals surface area contributed by atoms with Crippen LogP contribution >= 0.6 is 0 Å². The first-order chi connectivity index (χ1) is 11.1. The van der Waals surface area contributed by atoms with Gasteiger partial charge in [-0.15, -0.1) is 0 Å². The second-order valence-electron chi connectivity index (χ2n) is 6.39. The third-order valence-electron chi connectivity index (χ3n) is 4.21. The lowest BCUT2D eigenvalue weighted by molar-refractivity contribution is -0.284. The minimum atomic E-state index is -5.51. The second kappa shape index (κ2) is 11.6. The van der Waals surface area contributed by atoms with Gasteiger partial charge in [-0.05, 0) is 19.3 Å². The van der Waals surface area contributed by atoms with Crippen molar-refractivity contribution in [3.63, 3.8) is 0 Å². The maximum Gasteiger partial charge on any atom is 0.453 e. The van der Waals surface area contributed by atoms with Crippen molar-refractivity contribution in [2.24, 2.45) is 5.92 Å². The van der Waals surface area contributed by atoms with Gasteiger partial charge in [0.25, 0.3) is 0 Å². The van der Waals surface area contributed by atoms with E-state index < -0.39 is 30.4 Å². The van der Waals surface area contributed by atoms with Crippen LogP contribution in [0.15, 0.2) is 0 Å². The van der Waals surface area contributed by atoms with Crippen molar-refractivity contribution in [3.8, 4) is 0 Å². The third-order valence-corrected chi connectivity index (χ3v) is 4.21. The van der Waals surface area contributed by atoms with Crippen LogP contribution in [0.4, 0.5) is 22.0 Å². The van der Waals surface area contributed by atoms with E-state index in [0.717, 1.165) is 32.1 Å². The number of hydrogen-bond donors (Lipinski definition) is 1. The van der Waals surface area contributed by atoms with Crippen LogP contribution in [-0.2, 0) is 4.79 Å². The average Bonchev–Trinajstić information content (AvgIpc) is 2.46. The van der Waals surface area contributed by atoms with Crippen LogP contribution in [0.1, 0.15) is 84.0 Å². The van der Waals surface area contributed by atoms with Gasteiger partial charge in [-0.25, -0.2) is 0 Å². The fourth-order valence-corrected chi connectivity index (χ4v) is 2.62. The van der Waals surface area contributed by atoms with Crippen LogP contribution < -0.4 is 0 Å². The summed E-state index contributed by atoms with van der Waals surface area (Å²) in [6.45, 7) is 2.12. The van der Waals surface area contributed by atoms with Crippen molar-refractivity contribution >= 4 is 5.97 Å². The zero-order chi connectivity index (χ0) is 18.6. The standard InChI is InChI=1S/C17H29F5O2/c1-2-3-4-5-6-8-11-14(15(23)24)12-9-7-10-13-16(18,19)17(20,21)22/h14H,2-13H2,1H3,(H,23,24). The fraction of sp³-hybridized carbons (Fsp3) is 0.941. The SMILES string of the molecule is CCCCCCCCC(CCCCCC(F)(F)C(F)(F)F)C(=O)O. The molecule has 1 N–H and O–H groups in total. The van der Waals surface area contributed by atoms with Crippen LogP contribution in [0.25, 0.3) is 0 Å². The third kappa shape index (κ3) is 10.1. The molecule has 0 spiro atoms. The van der Waals surface area contributed by atoms with E-state index in [-0.39, 0.29) is 12.8 Å². The predicted octanol–water partition coefficient (Wildman–Crippen LogP) is 6.59. The van der Waals surface area contributed by atoms with E-state index in [0.29, 0.717) is 19.3 Å². The Hall–Kier alpha value is -0.880. The number of carboxylic acid groups (broad SMARTS) is 1. The van der Waals surface area contributed by atoms with Crippen molar-refractivity contribution in [1.29, 1.82) is 0 Å². The van der Waals surface area contributed by atoms with Crippen molar-refractivity contribution in [1.82, 2.24) is 0 Å². The van der Waals surface area contributed by atoms with E-state index in [1.165, 1.54) is 6.42 Å². The Balaban J connectivity index is 3.88. The highest BCUT2D eigenvalue weighted by molar-refractivity contribution is 5.69. The number of aliphatic carboxylic acids is 1. The lowest BCUT2D eigenvalue weighted by atomic mass is 9.94. The van der Waals surface area contributed by atoms with Crippen molar-refractivity contribution < 1.29 is 31.9 Å². The van der Waals surface area contributed by atoms with Gasteiger partial charge in [0.2, 0.25) is 0 Å². The van der Waals surface area contributed by atoms with Gasteiger partial charge < -0.3 is 5.11 Å². The quantitative estimate of drug-likeness (QED) is 0.280. The van der Waals surface area contributed by atoms with Crippen LogP contribution in [0.3, 0.4) is 0 Å². The number of hydrogen-bond acceptors (Lipinski definition) is 1. The summed E-state index contributed by atoms with van der Waals surface area (Å²) >= 11 is 0. The van der Waals surface area contributed by atoms with Crippen LogP contribution in [-0.4, -0.2) is 23.2 Å². The van der Waals surface area contributed by atoms with Crippen molar-refractivity contribution in [2.75, 3.05) is 0 Å². The number of halogens is 5. The van der Waals surface area contributed by atoms with Crippen LogP contribution in [0.2, 0.25) is 0 Å². The molecule has 0 aliphatic heterocycles. The molecule has 2 nitrogen and oxygen atoms in total. The summed E-state index contributed by atoms with van der Waals surface area (Å²) in [5.74, 6) is -6.10. The van der Waals surface area contributed by atoms with Gasteiger partial charge in [0.15, 0.2) is 0 Å². The van der Waals surface area contributed by atoms with E-state index in [9.17, 15) is 26.7 Å². The molecule has 0 aromatic carbocycles. The van der Waals surface area contributed by atoms with Crippen LogP contribution in [0, 0.1) is 5.92 Å². The Labute approximate surface area is 140 Å². The molecule has 0 fully saturated rings. The minimum absolute atomic E-state index is 0.186.